The van der Waals surface area contributed by atoms with Gasteiger partial charge < -0.3 is 9.32 Å². The minimum atomic E-state index is -0.287. The Hall–Kier alpha value is -2.07. The van der Waals surface area contributed by atoms with Crippen molar-refractivity contribution < 1.29 is 9.21 Å². The first-order chi connectivity index (χ1) is 9.99. The van der Waals surface area contributed by atoms with E-state index in [4.69, 9.17) is 4.42 Å². The van der Waals surface area contributed by atoms with Crippen LogP contribution in [0.1, 0.15) is 22.9 Å². The molecule has 0 radical (unpaired) electrons. The summed E-state index contributed by atoms with van der Waals surface area (Å²) in [6, 6.07) is 11.5. The fraction of sp³-hybridized carbons (Fsp3) is 0.353. The molecule has 21 heavy (non-hydrogen) atoms. The topological polar surface area (TPSA) is 36.7 Å². The number of hydrogen-bond acceptors (Lipinski definition) is 3. The van der Waals surface area contributed by atoms with Crippen molar-refractivity contribution in [3.8, 4) is 0 Å². The molecule has 0 aliphatic heterocycles. The van der Waals surface area contributed by atoms with Gasteiger partial charge in [0.2, 0.25) is 5.91 Å². The van der Waals surface area contributed by atoms with Crippen molar-refractivity contribution in [2.45, 2.75) is 19.5 Å². The predicted molar refractivity (Wildman–Crippen MR) is 82.8 cm³/mol. The molecule has 0 spiro atoms. The first-order valence-corrected chi connectivity index (χ1v) is 6.99. The summed E-state index contributed by atoms with van der Waals surface area (Å²) in [6.45, 7) is 2.51. The number of furan rings is 1. The molecule has 2 rings (SSSR count). The second-order valence-electron chi connectivity index (χ2n) is 5.55. The van der Waals surface area contributed by atoms with Gasteiger partial charge in [-0.3, -0.25) is 9.69 Å². The summed E-state index contributed by atoms with van der Waals surface area (Å²) in [4.78, 5) is 16.4. The van der Waals surface area contributed by atoms with E-state index < -0.39 is 0 Å². The molecule has 1 atom stereocenters. The predicted octanol–water partition coefficient (Wildman–Crippen LogP) is 2.85. The Balaban J connectivity index is 2.19. The van der Waals surface area contributed by atoms with Crippen LogP contribution in [-0.2, 0) is 11.3 Å². The van der Waals surface area contributed by atoms with Gasteiger partial charge in [-0.15, -0.1) is 0 Å². The van der Waals surface area contributed by atoms with Gasteiger partial charge in [0, 0.05) is 7.05 Å². The van der Waals surface area contributed by atoms with E-state index in [1.165, 1.54) is 0 Å². The lowest BCUT2D eigenvalue weighted by Crippen LogP contribution is -2.38. The maximum atomic E-state index is 12.8. The van der Waals surface area contributed by atoms with Crippen molar-refractivity contribution in [1.29, 1.82) is 0 Å². The third-order valence-corrected chi connectivity index (χ3v) is 3.46. The molecule has 1 amide bonds. The number of likely N-dealkylation sites (N-methyl/N-ethyl adjacent to an activating group) is 2. The Bertz CT molecular complexity index is 591. The quantitative estimate of drug-likeness (QED) is 0.848. The van der Waals surface area contributed by atoms with Crippen molar-refractivity contribution in [2.75, 3.05) is 21.1 Å². The molecule has 0 saturated heterocycles. The molecule has 0 aliphatic carbocycles. The normalized spacial score (nSPS) is 12.4. The second-order valence-corrected chi connectivity index (χ2v) is 5.55. The molecular formula is C17H22N2O2. The standard InChI is InChI=1S/C17H22N2O2/c1-13-7-5-8-14(11-13)16(18(2)3)17(20)19(4)12-15-9-6-10-21-15/h5-11,16H,12H2,1-4H3/t16-/m1/s1. The summed E-state index contributed by atoms with van der Waals surface area (Å²) in [6.07, 6.45) is 1.62. The highest BCUT2D eigenvalue weighted by molar-refractivity contribution is 5.83. The van der Waals surface area contributed by atoms with Crippen LogP contribution in [0.3, 0.4) is 0 Å². The molecule has 1 aromatic carbocycles. The van der Waals surface area contributed by atoms with E-state index in [9.17, 15) is 4.79 Å². The van der Waals surface area contributed by atoms with Gasteiger partial charge in [-0.05, 0) is 38.7 Å². The molecule has 2 aromatic rings. The lowest BCUT2D eigenvalue weighted by Gasteiger charge is -2.28. The summed E-state index contributed by atoms with van der Waals surface area (Å²) >= 11 is 0. The molecule has 0 aliphatic rings. The van der Waals surface area contributed by atoms with Gasteiger partial charge in [0.1, 0.15) is 11.8 Å². The third-order valence-electron chi connectivity index (χ3n) is 3.46. The van der Waals surface area contributed by atoms with E-state index in [1.54, 1.807) is 18.2 Å². The Labute approximate surface area is 126 Å². The zero-order chi connectivity index (χ0) is 15.4. The van der Waals surface area contributed by atoms with Crippen LogP contribution < -0.4 is 0 Å². The van der Waals surface area contributed by atoms with Crippen molar-refractivity contribution in [3.63, 3.8) is 0 Å². The summed E-state index contributed by atoms with van der Waals surface area (Å²) in [7, 11) is 5.65. The fourth-order valence-corrected chi connectivity index (χ4v) is 2.42. The van der Waals surface area contributed by atoms with Gasteiger partial charge in [-0.25, -0.2) is 0 Å². The summed E-state index contributed by atoms with van der Waals surface area (Å²) < 4.78 is 5.31. The van der Waals surface area contributed by atoms with Crippen LogP contribution in [0, 0.1) is 6.92 Å². The van der Waals surface area contributed by atoms with Gasteiger partial charge in [0.25, 0.3) is 0 Å². The number of rotatable bonds is 5. The zero-order valence-corrected chi connectivity index (χ0v) is 13.0. The first kappa shape index (κ1) is 15.3. The highest BCUT2D eigenvalue weighted by Crippen LogP contribution is 2.22. The van der Waals surface area contributed by atoms with E-state index >= 15 is 0 Å². The smallest absolute Gasteiger partial charge is 0.244 e. The minimum Gasteiger partial charge on any atom is -0.467 e. The zero-order valence-electron chi connectivity index (χ0n) is 13.0. The number of carbonyl (C=O) groups excluding carboxylic acids is 1. The number of amides is 1. The lowest BCUT2D eigenvalue weighted by molar-refractivity contribution is -0.135. The number of carbonyl (C=O) groups is 1. The maximum Gasteiger partial charge on any atom is 0.244 e. The Morgan fingerprint density at radius 1 is 1.19 bits per heavy atom. The molecule has 0 N–H and O–H groups in total. The number of nitrogens with zero attached hydrogens (tertiary/aromatic N) is 2. The van der Waals surface area contributed by atoms with Crippen LogP contribution in [0.15, 0.2) is 47.1 Å². The van der Waals surface area contributed by atoms with Crippen molar-refractivity contribution in [2.24, 2.45) is 0 Å². The average Bonchev–Trinajstić information content (AvgIpc) is 2.91. The van der Waals surface area contributed by atoms with Gasteiger partial charge >= 0.3 is 0 Å². The SMILES string of the molecule is Cc1cccc([C@H](C(=O)N(C)Cc2ccco2)N(C)C)c1. The molecular weight excluding hydrogens is 264 g/mol. The molecule has 1 heterocycles. The van der Waals surface area contributed by atoms with Crippen LogP contribution in [0.25, 0.3) is 0 Å². The van der Waals surface area contributed by atoms with E-state index in [0.29, 0.717) is 6.54 Å². The van der Waals surface area contributed by atoms with Gasteiger partial charge in [0.05, 0.1) is 12.8 Å². The van der Waals surface area contributed by atoms with E-state index in [-0.39, 0.29) is 11.9 Å². The van der Waals surface area contributed by atoms with Crippen molar-refractivity contribution in [3.05, 3.63) is 59.5 Å². The second kappa shape index (κ2) is 6.59. The number of aryl methyl sites for hydroxylation is 1. The van der Waals surface area contributed by atoms with Crippen LogP contribution in [0.4, 0.5) is 0 Å². The molecule has 4 nitrogen and oxygen atoms in total. The largest absolute Gasteiger partial charge is 0.467 e. The molecule has 0 bridgehead atoms. The number of hydrogen-bond donors (Lipinski definition) is 0. The fourth-order valence-electron chi connectivity index (χ4n) is 2.42. The first-order valence-electron chi connectivity index (χ1n) is 6.99. The minimum absolute atomic E-state index is 0.0574. The molecule has 0 saturated carbocycles. The van der Waals surface area contributed by atoms with E-state index in [0.717, 1.165) is 16.9 Å². The van der Waals surface area contributed by atoms with E-state index in [2.05, 4.69) is 6.07 Å². The maximum absolute atomic E-state index is 12.8. The number of benzene rings is 1. The Morgan fingerprint density at radius 3 is 2.52 bits per heavy atom. The summed E-state index contributed by atoms with van der Waals surface area (Å²) in [5, 5.41) is 0. The van der Waals surface area contributed by atoms with Crippen molar-refractivity contribution >= 4 is 5.91 Å². The molecule has 112 valence electrons. The van der Waals surface area contributed by atoms with Crippen LogP contribution in [-0.4, -0.2) is 36.9 Å². The van der Waals surface area contributed by atoms with Gasteiger partial charge in [-0.1, -0.05) is 29.8 Å². The molecule has 1 aromatic heterocycles. The molecule has 4 heteroatoms. The van der Waals surface area contributed by atoms with Crippen LogP contribution >= 0.6 is 0 Å². The Morgan fingerprint density at radius 2 is 1.95 bits per heavy atom. The van der Waals surface area contributed by atoms with E-state index in [1.807, 2.05) is 56.3 Å². The lowest BCUT2D eigenvalue weighted by atomic mass is 10.0. The van der Waals surface area contributed by atoms with Crippen molar-refractivity contribution in [1.82, 2.24) is 9.80 Å². The summed E-state index contributed by atoms with van der Waals surface area (Å²) in [5.74, 6) is 0.842. The third kappa shape index (κ3) is 3.73. The Kier molecular flexibility index (Phi) is 4.81. The molecule has 0 unspecified atom stereocenters. The van der Waals surface area contributed by atoms with Gasteiger partial charge in [0.15, 0.2) is 0 Å². The van der Waals surface area contributed by atoms with Crippen LogP contribution in [0.2, 0.25) is 0 Å². The highest BCUT2D eigenvalue weighted by atomic mass is 16.3. The molecule has 0 fully saturated rings. The average molecular weight is 286 g/mol. The van der Waals surface area contributed by atoms with Gasteiger partial charge in [-0.2, -0.15) is 0 Å². The van der Waals surface area contributed by atoms with Crippen LogP contribution in [0.5, 0.6) is 0 Å². The summed E-state index contributed by atoms with van der Waals surface area (Å²) in [5.41, 5.74) is 2.16. The monoisotopic (exact) mass is 286 g/mol. The highest BCUT2D eigenvalue weighted by Gasteiger charge is 2.26.